The van der Waals surface area contributed by atoms with Gasteiger partial charge >= 0.3 is 214 Å². The van der Waals surface area contributed by atoms with Gasteiger partial charge in [0.1, 0.15) is 0 Å². The van der Waals surface area contributed by atoms with E-state index >= 15 is 0 Å². The molecule has 0 saturated heterocycles. The van der Waals surface area contributed by atoms with Crippen molar-refractivity contribution < 1.29 is 4.39 Å². The Hall–Kier alpha value is -2.99. The number of halogens is 1. The molecule has 0 spiro atoms. The molecule has 0 aliphatic carbocycles. The van der Waals surface area contributed by atoms with E-state index in [0.29, 0.717) is 0 Å². The van der Waals surface area contributed by atoms with Crippen LogP contribution in [0, 0.1) is 5.82 Å². The summed E-state index contributed by atoms with van der Waals surface area (Å²) in [6.07, 6.45) is 0. The minimum absolute atomic E-state index is 0.206. The van der Waals surface area contributed by atoms with Crippen molar-refractivity contribution in [2.24, 2.45) is 0 Å². The van der Waals surface area contributed by atoms with Gasteiger partial charge in [-0.3, -0.25) is 0 Å². The summed E-state index contributed by atoms with van der Waals surface area (Å²) < 4.78 is 19.4. The Bertz CT molecular complexity index is 1120. The van der Waals surface area contributed by atoms with Crippen LogP contribution in [0.15, 0.2) is 97.1 Å². The second kappa shape index (κ2) is 10.3. The van der Waals surface area contributed by atoms with Gasteiger partial charge in [-0.1, -0.05) is 0 Å². The van der Waals surface area contributed by atoms with Gasteiger partial charge in [0.15, 0.2) is 0 Å². The van der Waals surface area contributed by atoms with Crippen LogP contribution in [0.3, 0.4) is 0 Å². The van der Waals surface area contributed by atoms with Crippen molar-refractivity contribution in [2.75, 3.05) is 57.0 Å². The Kier molecular flexibility index (Phi) is 7.41. The zero-order valence-corrected chi connectivity index (χ0v) is 24.3. The molecule has 0 unspecified atom stereocenters. The molecular weight excluding hydrogens is 540 g/mol. The fourth-order valence-electron chi connectivity index (χ4n) is 4.73. The third kappa shape index (κ3) is 4.90. The molecule has 180 valence electrons. The van der Waals surface area contributed by atoms with Crippen LogP contribution in [-0.2, 0) is 0 Å². The standard InChI is InChI=1S/3C8H10N.C6H4F.Sn/c3*1-9(2)8-6-4-3-5-7-8;7-6-4-2-1-3-5-6;/h3*4-7H,1-2H3;2-5H;. The van der Waals surface area contributed by atoms with Gasteiger partial charge < -0.3 is 0 Å². The maximum atomic E-state index is 14.1. The van der Waals surface area contributed by atoms with Gasteiger partial charge in [-0.05, 0) is 0 Å². The van der Waals surface area contributed by atoms with Crippen molar-refractivity contribution in [1.82, 2.24) is 0 Å². The third-order valence-electron chi connectivity index (χ3n) is 6.73. The molecule has 0 bridgehead atoms. The van der Waals surface area contributed by atoms with E-state index < -0.39 is 18.4 Å². The predicted molar refractivity (Wildman–Crippen MR) is 153 cm³/mol. The van der Waals surface area contributed by atoms with Gasteiger partial charge in [-0.2, -0.15) is 0 Å². The molecule has 0 aliphatic rings. The zero-order valence-electron chi connectivity index (χ0n) is 21.5. The fourth-order valence-corrected chi connectivity index (χ4v) is 18.0. The Balaban J connectivity index is 2.05. The summed E-state index contributed by atoms with van der Waals surface area (Å²) in [4.78, 5) is 6.36. The topological polar surface area (TPSA) is 9.72 Å². The van der Waals surface area contributed by atoms with Gasteiger partial charge in [-0.15, -0.1) is 0 Å². The summed E-state index contributed by atoms with van der Waals surface area (Å²) in [7, 11) is 12.4. The van der Waals surface area contributed by atoms with E-state index in [1.54, 1.807) is 12.1 Å². The Morgan fingerprint density at radius 1 is 0.400 bits per heavy atom. The van der Waals surface area contributed by atoms with Crippen LogP contribution in [-0.4, -0.2) is 60.7 Å². The van der Waals surface area contributed by atoms with Gasteiger partial charge in [0.2, 0.25) is 0 Å². The van der Waals surface area contributed by atoms with Crippen molar-refractivity contribution in [3.8, 4) is 0 Å². The molecule has 0 radical (unpaired) electrons. The summed E-state index contributed by atoms with van der Waals surface area (Å²) in [5.74, 6) is -0.206. The molecule has 4 rings (SSSR count). The molecule has 0 saturated carbocycles. The van der Waals surface area contributed by atoms with Crippen LogP contribution in [0.2, 0.25) is 0 Å². The summed E-state index contributed by atoms with van der Waals surface area (Å²) in [6, 6.07) is 34.2. The minimum atomic E-state index is -3.79. The van der Waals surface area contributed by atoms with Gasteiger partial charge in [0, 0.05) is 0 Å². The second-order valence-electron chi connectivity index (χ2n) is 9.58. The van der Waals surface area contributed by atoms with Crippen LogP contribution < -0.4 is 29.0 Å². The number of nitrogens with zero attached hydrogens (tertiary/aromatic N) is 3. The molecule has 0 heterocycles. The third-order valence-corrected chi connectivity index (χ3v) is 20.4. The van der Waals surface area contributed by atoms with Crippen LogP contribution in [0.5, 0.6) is 0 Å². The molecule has 0 amide bonds. The molecule has 0 fully saturated rings. The van der Waals surface area contributed by atoms with Gasteiger partial charge in [-0.25, -0.2) is 0 Å². The molecule has 5 heteroatoms. The van der Waals surface area contributed by atoms with Gasteiger partial charge in [0.05, 0.1) is 0 Å². The number of anilines is 3. The van der Waals surface area contributed by atoms with E-state index in [1.807, 2.05) is 12.1 Å². The second-order valence-corrected chi connectivity index (χ2v) is 20.5. The normalized spacial score (nSPS) is 11.3. The van der Waals surface area contributed by atoms with Crippen molar-refractivity contribution in [1.29, 1.82) is 0 Å². The van der Waals surface area contributed by atoms with E-state index in [9.17, 15) is 4.39 Å². The summed E-state index contributed by atoms with van der Waals surface area (Å²) in [5, 5.41) is 0. The van der Waals surface area contributed by atoms with Crippen molar-refractivity contribution in [2.45, 2.75) is 0 Å². The Labute approximate surface area is 213 Å². The number of benzene rings is 4. The molecule has 4 aromatic carbocycles. The van der Waals surface area contributed by atoms with Crippen LogP contribution in [0.1, 0.15) is 0 Å². The quantitative estimate of drug-likeness (QED) is 0.314. The van der Waals surface area contributed by atoms with Crippen LogP contribution >= 0.6 is 0 Å². The number of hydrogen-bond acceptors (Lipinski definition) is 3. The monoisotopic (exact) mass is 575 g/mol. The first-order valence-electron chi connectivity index (χ1n) is 11.8. The molecular formula is C30H34FN3Sn. The van der Waals surface area contributed by atoms with Crippen LogP contribution in [0.25, 0.3) is 0 Å². The van der Waals surface area contributed by atoms with Crippen LogP contribution in [0.4, 0.5) is 21.5 Å². The van der Waals surface area contributed by atoms with Crippen molar-refractivity contribution in [3.63, 3.8) is 0 Å². The van der Waals surface area contributed by atoms with Crippen molar-refractivity contribution >= 4 is 49.8 Å². The first kappa shape index (κ1) is 25.1. The first-order valence-corrected chi connectivity index (χ1v) is 17.5. The Morgan fingerprint density at radius 2 is 0.629 bits per heavy atom. The Morgan fingerprint density at radius 3 is 0.857 bits per heavy atom. The molecule has 0 aliphatic heterocycles. The van der Waals surface area contributed by atoms with E-state index in [4.69, 9.17) is 0 Å². The summed E-state index contributed by atoms with van der Waals surface area (Å²) in [6.45, 7) is 0. The van der Waals surface area contributed by atoms with Crippen molar-refractivity contribution in [3.05, 3.63) is 103 Å². The molecule has 35 heavy (non-hydrogen) atoms. The van der Waals surface area contributed by atoms with E-state index in [2.05, 4.69) is 130 Å². The fraction of sp³-hybridized carbons (Fsp3) is 0.200. The number of hydrogen-bond donors (Lipinski definition) is 0. The van der Waals surface area contributed by atoms with Gasteiger partial charge in [0.25, 0.3) is 0 Å². The first-order chi connectivity index (χ1) is 16.7. The van der Waals surface area contributed by atoms with E-state index in [1.165, 1.54) is 31.4 Å². The molecule has 0 atom stereocenters. The summed E-state index contributed by atoms with van der Waals surface area (Å²) >= 11 is -3.79. The average Bonchev–Trinajstić information content (AvgIpc) is 2.86. The maximum absolute atomic E-state index is 14.1. The van der Waals surface area contributed by atoms with E-state index in [-0.39, 0.29) is 5.82 Å². The SMILES string of the molecule is CN(C)c1cc[c]([Sn]([c]2ccc(F)cc2)([c]2ccc(N(C)C)cc2)[c]2ccc(N(C)C)cc2)cc1. The molecule has 4 aromatic rings. The predicted octanol–water partition coefficient (Wildman–Crippen LogP) is 3.40. The molecule has 0 aromatic heterocycles. The van der Waals surface area contributed by atoms with E-state index in [0.717, 1.165) is 0 Å². The summed E-state index contributed by atoms with van der Waals surface area (Å²) in [5.41, 5.74) is 3.50. The zero-order chi connectivity index (χ0) is 25.2. The molecule has 3 nitrogen and oxygen atoms in total. The average molecular weight is 574 g/mol. The number of rotatable bonds is 7. The molecule has 0 N–H and O–H groups in total.